The molecule has 2 aromatic rings. The number of rotatable bonds is 5. The highest BCUT2D eigenvalue weighted by atomic mass is 32.1. The fourth-order valence-electron chi connectivity index (χ4n) is 1.94. The molecule has 0 unspecified atom stereocenters. The molecule has 0 aliphatic rings. The van der Waals surface area contributed by atoms with Crippen molar-refractivity contribution in [1.82, 2.24) is 5.06 Å². The van der Waals surface area contributed by atoms with Crippen LogP contribution in [0.5, 0.6) is 11.5 Å². The van der Waals surface area contributed by atoms with Crippen molar-refractivity contribution in [2.75, 3.05) is 21.3 Å². The van der Waals surface area contributed by atoms with Crippen LogP contribution in [-0.4, -0.2) is 37.4 Å². The van der Waals surface area contributed by atoms with Crippen LogP contribution in [-0.2, 0) is 11.2 Å². The zero-order valence-corrected chi connectivity index (χ0v) is 12.5. The van der Waals surface area contributed by atoms with Gasteiger partial charge < -0.3 is 9.47 Å². The van der Waals surface area contributed by atoms with Crippen molar-refractivity contribution >= 4 is 27.3 Å². The zero-order valence-electron chi connectivity index (χ0n) is 11.7. The SMILES string of the molecule is COc1cc2cc(CCC(=O)N(C)O)sc2cc1OC. The largest absolute Gasteiger partial charge is 0.493 e. The molecule has 0 atom stereocenters. The van der Waals surface area contributed by atoms with Gasteiger partial charge in [-0.25, -0.2) is 5.06 Å². The maximum absolute atomic E-state index is 11.4. The first-order valence-electron chi connectivity index (χ1n) is 6.15. The van der Waals surface area contributed by atoms with E-state index in [4.69, 9.17) is 14.7 Å². The number of amides is 1. The van der Waals surface area contributed by atoms with Gasteiger partial charge in [0.05, 0.1) is 14.2 Å². The molecule has 0 bridgehead atoms. The molecule has 2 rings (SSSR count). The van der Waals surface area contributed by atoms with Crippen molar-refractivity contribution in [1.29, 1.82) is 0 Å². The third-order valence-electron chi connectivity index (χ3n) is 3.02. The van der Waals surface area contributed by atoms with Crippen molar-refractivity contribution in [3.05, 3.63) is 23.1 Å². The second kappa shape index (κ2) is 6.11. The van der Waals surface area contributed by atoms with E-state index in [1.165, 1.54) is 7.05 Å². The molecule has 1 heterocycles. The van der Waals surface area contributed by atoms with Gasteiger partial charge in [-0.05, 0) is 23.9 Å². The minimum absolute atomic E-state index is 0.286. The molecular formula is C14H17NO4S. The summed E-state index contributed by atoms with van der Waals surface area (Å²) >= 11 is 1.61. The summed E-state index contributed by atoms with van der Waals surface area (Å²) in [5, 5.41) is 10.7. The lowest BCUT2D eigenvalue weighted by atomic mass is 10.2. The molecule has 0 radical (unpaired) electrons. The van der Waals surface area contributed by atoms with E-state index in [0.717, 1.165) is 15.0 Å². The van der Waals surface area contributed by atoms with Crippen LogP contribution in [0.15, 0.2) is 18.2 Å². The zero-order chi connectivity index (χ0) is 14.7. The Morgan fingerprint density at radius 3 is 2.50 bits per heavy atom. The van der Waals surface area contributed by atoms with Crippen LogP contribution in [0.1, 0.15) is 11.3 Å². The summed E-state index contributed by atoms with van der Waals surface area (Å²) in [5.41, 5.74) is 0. The molecule has 6 heteroatoms. The van der Waals surface area contributed by atoms with E-state index in [-0.39, 0.29) is 12.3 Å². The fourth-order valence-corrected chi connectivity index (χ4v) is 3.01. The van der Waals surface area contributed by atoms with Gasteiger partial charge in [-0.15, -0.1) is 11.3 Å². The lowest BCUT2D eigenvalue weighted by Gasteiger charge is -2.06. The van der Waals surface area contributed by atoms with Gasteiger partial charge in [-0.1, -0.05) is 0 Å². The highest BCUT2D eigenvalue weighted by molar-refractivity contribution is 7.19. The average Bonchev–Trinajstić information content (AvgIpc) is 2.84. The molecule has 0 saturated carbocycles. The van der Waals surface area contributed by atoms with Crippen LogP contribution in [0.2, 0.25) is 0 Å². The number of nitrogens with zero attached hydrogens (tertiary/aromatic N) is 1. The van der Waals surface area contributed by atoms with Crippen LogP contribution >= 0.6 is 11.3 Å². The minimum atomic E-state index is -0.294. The summed E-state index contributed by atoms with van der Waals surface area (Å²) in [7, 11) is 4.55. The van der Waals surface area contributed by atoms with E-state index < -0.39 is 0 Å². The number of carbonyl (C=O) groups excluding carboxylic acids is 1. The van der Waals surface area contributed by atoms with Crippen molar-refractivity contribution in [2.45, 2.75) is 12.8 Å². The van der Waals surface area contributed by atoms with E-state index >= 15 is 0 Å². The monoisotopic (exact) mass is 295 g/mol. The number of carbonyl (C=O) groups is 1. The fraction of sp³-hybridized carbons (Fsp3) is 0.357. The summed E-state index contributed by atoms with van der Waals surface area (Å²) in [6, 6.07) is 5.89. The average molecular weight is 295 g/mol. The highest BCUT2D eigenvalue weighted by Crippen LogP contribution is 2.36. The molecule has 108 valence electrons. The van der Waals surface area contributed by atoms with Gasteiger partial charge in [0, 0.05) is 29.1 Å². The Morgan fingerprint density at radius 2 is 1.90 bits per heavy atom. The quantitative estimate of drug-likeness (QED) is 0.680. The Hall–Kier alpha value is -1.79. The number of hydrogen-bond donors (Lipinski definition) is 1. The van der Waals surface area contributed by atoms with Gasteiger partial charge >= 0.3 is 0 Å². The molecule has 1 aromatic carbocycles. The first-order chi connectivity index (χ1) is 9.55. The molecule has 20 heavy (non-hydrogen) atoms. The Balaban J connectivity index is 2.23. The van der Waals surface area contributed by atoms with Gasteiger partial charge in [0.1, 0.15) is 0 Å². The second-order valence-corrected chi connectivity index (χ2v) is 5.54. The lowest BCUT2D eigenvalue weighted by molar-refractivity contribution is -0.159. The van der Waals surface area contributed by atoms with E-state index in [1.54, 1.807) is 25.6 Å². The minimum Gasteiger partial charge on any atom is -0.493 e. The molecule has 0 spiro atoms. The number of fused-ring (bicyclic) bond motifs is 1. The highest BCUT2D eigenvalue weighted by Gasteiger charge is 2.11. The van der Waals surface area contributed by atoms with Crippen LogP contribution in [0, 0.1) is 0 Å². The van der Waals surface area contributed by atoms with E-state index in [9.17, 15) is 4.79 Å². The molecular weight excluding hydrogens is 278 g/mol. The summed E-state index contributed by atoms with van der Waals surface area (Å²) < 4.78 is 11.6. The third-order valence-corrected chi connectivity index (χ3v) is 4.18. The second-order valence-electron chi connectivity index (χ2n) is 4.38. The number of hydroxylamine groups is 2. The molecule has 0 aliphatic heterocycles. The molecule has 1 N–H and O–H groups in total. The number of thiophene rings is 1. The van der Waals surface area contributed by atoms with Crippen LogP contribution in [0.3, 0.4) is 0 Å². The number of methoxy groups -OCH3 is 2. The first-order valence-corrected chi connectivity index (χ1v) is 6.96. The van der Waals surface area contributed by atoms with Crippen molar-refractivity contribution in [2.24, 2.45) is 0 Å². The van der Waals surface area contributed by atoms with Crippen molar-refractivity contribution in [3.63, 3.8) is 0 Å². The molecule has 0 aliphatic carbocycles. The number of aryl methyl sites for hydroxylation is 1. The lowest BCUT2D eigenvalue weighted by Crippen LogP contribution is -2.22. The maximum atomic E-state index is 11.4. The number of hydrogen-bond acceptors (Lipinski definition) is 5. The normalized spacial score (nSPS) is 10.6. The van der Waals surface area contributed by atoms with Crippen LogP contribution in [0.4, 0.5) is 0 Å². The first kappa shape index (κ1) is 14.6. The molecule has 0 saturated heterocycles. The van der Waals surface area contributed by atoms with Gasteiger partial charge in [0.15, 0.2) is 11.5 Å². The summed E-state index contributed by atoms with van der Waals surface area (Å²) in [5.74, 6) is 1.09. The molecule has 1 amide bonds. The predicted octanol–water partition coefficient (Wildman–Crippen LogP) is 2.70. The topological polar surface area (TPSA) is 59.0 Å². The third kappa shape index (κ3) is 3.02. The summed E-state index contributed by atoms with van der Waals surface area (Å²) in [6.07, 6.45) is 0.891. The molecule has 1 aromatic heterocycles. The maximum Gasteiger partial charge on any atom is 0.246 e. The molecule has 5 nitrogen and oxygen atoms in total. The Morgan fingerprint density at radius 1 is 1.25 bits per heavy atom. The van der Waals surface area contributed by atoms with Gasteiger partial charge in [-0.2, -0.15) is 0 Å². The van der Waals surface area contributed by atoms with Crippen molar-refractivity contribution < 1.29 is 19.5 Å². The summed E-state index contributed by atoms with van der Waals surface area (Å²) in [4.78, 5) is 12.5. The standard InChI is InChI=1S/C14H17NO4S/c1-15(17)14(16)5-4-10-6-9-7-11(18-2)12(19-3)8-13(9)20-10/h6-8,17H,4-5H2,1-3H3. The van der Waals surface area contributed by atoms with E-state index in [0.29, 0.717) is 23.0 Å². The van der Waals surface area contributed by atoms with Crippen molar-refractivity contribution in [3.8, 4) is 11.5 Å². The van der Waals surface area contributed by atoms with E-state index in [2.05, 4.69) is 0 Å². The predicted molar refractivity (Wildman–Crippen MR) is 77.8 cm³/mol. The summed E-state index contributed by atoms with van der Waals surface area (Å²) in [6.45, 7) is 0. The van der Waals surface area contributed by atoms with Gasteiger partial charge in [0.25, 0.3) is 0 Å². The van der Waals surface area contributed by atoms with E-state index in [1.807, 2.05) is 18.2 Å². The van der Waals surface area contributed by atoms with Crippen LogP contribution < -0.4 is 9.47 Å². The van der Waals surface area contributed by atoms with Gasteiger partial charge in [-0.3, -0.25) is 10.0 Å². The Bertz CT molecular complexity index is 580. The number of ether oxygens (including phenoxy) is 2. The Kier molecular flexibility index (Phi) is 4.46. The Labute approximate surface area is 121 Å². The number of benzene rings is 1. The van der Waals surface area contributed by atoms with Gasteiger partial charge in [0.2, 0.25) is 5.91 Å². The smallest absolute Gasteiger partial charge is 0.246 e. The molecule has 0 fully saturated rings. The van der Waals surface area contributed by atoms with Crippen LogP contribution in [0.25, 0.3) is 10.1 Å².